The van der Waals surface area contributed by atoms with Crippen LogP contribution in [-0.4, -0.2) is 27.3 Å². The first-order valence-corrected chi connectivity index (χ1v) is 9.58. The van der Waals surface area contributed by atoms with Crippen molar-refractivity contribution in [3.63, 3.8) is 0 Å². The number of carbonyl (C=O) groups excluding carboxylic acids is 1. The summed E-state index contributed by atoms with van der Waals surface area (Å²) in [5, 5.41) is 0.764. The minimum Gasteiger partial charge on any atom is -0.345 e. The molecule has 1 aliphatic carbocycles. The van der Waals surface area contributed by atoms with E-state index >= 15 is 0 Å². The smallest absolute Gasteiger partial charge is 0.230 e. The van der Waals surface area contributed by atoms with E-state index in [0.29, 0.717) is 25.0 Å². The number of hydrogen-bond donors (Lipinski definition) is 0. The minimum absolute atomic E-state index is 0.135. The van der Waals surface area contributed by atoms with Gasteiger partial charge in [-0.3, -0.25) is 4.79 Å². The lowest BCUT2D eigenvalue weighted by Gasteiger charge is -2.31. The predicted octanol–water partition coefficient (Wildman–Crippen LogP) is 4.95. The maximum absolute atomic E-state index is 12.9. The number of carbonyl (C=O) groups is 1. The van der Waals surface area contributed by atoms with Gasteiger partial charge < -0.3 is 9.47 Å². The summed E-state index contributed by atoms with van der Waals surface area (Å²) < 4.78 is 2.16. The van der Waals surface area contributed by atoms with E-state index in [-0.39, 0.29) is 5.91 Å². The lowest BCUT2D eigenvalue weighted by atomic mass is 9.94. The highest BCUT2D eigenvalue weighted by Gasteiger charge is 2.39. The normalized spacial score (nSPS) is 14.6. The molecule has 1 amide bonds. The third kappa shape index (κ3) is 4.21. The van der Waals surface area contributed by atoms with Gasteiger partial charge >= 0.3 is 0 Å². The van der Waals surface area contributed by atoms with E-state index in [1.165, 1.54) is 0 Å². The summed E-state index contributed by atoms with van der Waals surface area (Å²) >= 11 is 12.3. The summed E-state index contributed by atoms with van der Waals surface area (Å²) in [4.78, 5) is 14.9. The molecule has 1 aromatic carbocycles. The van der Waals surface area contributed by atoms with Gasteiger partial charge in [0.15, 0.2) is 0 Å². The van der Waals surface area contributed by atoms with Crippen molar-refractivity contribution in [2.24, 2.45) is 5.41 Å². The van der Waals surface area contributed by atoms with Crippen LogP contribution >= 0.6 is 23.2 Å². The van der Waals surface area contributed by atoms with Crippen LogP contribution in [-0.2, 0) is 17.9 Å². The lowest BCUT2D eigenvalue weighted by molar-refractivity contribution is -0.140. The monoisotopic (exact) mass is 378 g/mol. The average Bonchev–Trinajstić information content (AvgIpc) is 3.35. The van der Waals surface area contributed by atoms with Crippen LogP contribution in [0.4, 0.5) is 0 Å². The van der Waals surface area contributed by atoms with Crippen LogP contribution in [0.1, 0.15) is 37.9 Å². The molecule has 1 fully saturated rings. The van der Waals surface area contributed by atoms with Crippen LogP contribution in [0.15, 0.2) is 42.6 Å². The van der Waals surface area contributed by atoms with Gasteiger partial charge in [-0.1, -0.05) is 29.8 Å². The molecule has 0 radical (unpaired) electrons. The molecule has 134 valence electrons. The van der Waals surface area contributed by atoms with E-state index < -0.39 is 5.41 Å². The summed E-state index contributed by atoms with van der Waals surface area (Å²) in [7, 11) is 0. The van der Waals surface area contributed by atoms with Crippen LogP contribution in [0.5, 0.6) is 0 Å². The minimum atomic E-state index is -0.537. The van der Waals surface area contributed by atoms with Crippen LogP contribution in [0, 0.1) is 5.41 Å². The maximum Gasteiger partial charge on any atom is 0.230 e. The Bertz CT molecular complexity index is 750. The van der Waals surface area contributed by atoms with E-state index in [4.69, 9.17) is 23.2 Å². The fourth-order valence-electron chi connectivity index (χ4n) is 2.93. The fraction of sp³-hybridized carbons (Fsp3) is 0.450. The topological polar surface area (TPSA) is 25.2 Å². The third-order valence-corrected chi connectivity index (χ3v) is 5.75. The maximum atomic E-state index is 12.9. The summed E-state index contributed by atoms with van der Waals surface area (Å²) in [5.41, 5.74) is 1.65. The van der Waals surface area contributed by atoms with E-state index in [2.05, 4.69) is 10.6 Å². The number of aromatic nitrogens is 1. The predicted molar refractivity (Wildman–Crippen MR) is 103 cm³/mol. The lowest BCUT2D eigenvalue weighted by Crippen LogP contribution is -2.43. The van der Waals surface area contributed by atoms with E-state index in [0.717, 1.165) is 29.1 Å². The number of nitrogens with zero attached hydrogens (tertiary/aromatic N) is 2. The molecule has 1 saturated carbocycles. The second-order valence-electron chi connectivity index (χ2n) is 7.40. The molecular weight excluding hydrogens is 355 g/mol. The Kier molecular flexibility index (Phi) is 5.45. The number of halogens is 2. The second kappa shape index (κ2) is 7.43. The number of hydrogen-bond acceptors (Lipinski definition) is 1. The molecule has 3 nitrogen and oxygen atoms in total. The molecule has 0 saturated heterocycles. The zero-order chi connectivity index (χ0) is 18.0. The van der Waals surface area contributed by atoms with Crippen molar-refractivity contribution >= 4 is 29.1 Å². The third-order valence-electron chi connectivity index (χ3n) is 4.72. The molecule has 0 aliphatic heterocycles. The number of rotatable bonds is 7. The molecule has 0 atom stereocenters. The van der Waals surface area contributed by atoms with Crippen molar-refractivity contribution < 1.29 is 4.79 Å². The molecule has 1 aliphatic rings. The molecule has 0 spiro atoms. The second-order valence-corrected chi connectivity index (χ2v) is 8.08. The van der Waals surface area contributed by atoms with Crippen LogP contribution in [0.25, 0.3) is 0 Å². The first kappa shape index (κ1) is 18.3. The summed E-state index contributed by atoms with van der Waals surface area (Å²) in [6.07, 6.45) is 4.20. The Hall–Kier alpha value is -1.45. The molecule has 2 aromatic rings. The van der Waals surface area contributed by atoms with Crippen molar-refractivity contribution in [1.29, 1.82) is 0 Å². The van der Waals surface area contributed by atoms with Gasteiger partial charge in [-0.2, -0.15) is 0 Å². The highest BCUT2D eigenvalue weighted by Crippen LogP contribution is 2.33. The number of benzene rings is 1. The van der Waals surface area contributed by atoms with Crippen molar-refractivity contribution in [3.05, 3.63) is 58.9 Å². The van der Waals surface area contributed by atoms with Crippen molar-refractivity contribution in [2.45, 2.75) is 45.8 Å². The number of amides is 1. The Morgan fingerprint density at radius 2 is 1.96 bits per heavy atom. The molecule has 0 unspecified atom stereocenters. The van der Waals surface area contributed by atoms with E-state index in [1.807, 2.05) is 55.3 Å². The van der Waals surface area contributed by atoms with Gasteiger partial charge in [0.25, 0.3) is 0 Å². The molecule has 0 bridgehead atoms. The Labute approximate surface area is 159 Å². The molecule has 3 rings (SSSR count). The van der Waals surface area contributed by atoms with E-state index in [9.17, 15) is 4.79 Å². The molecule has 25 heavy (non-hydrogen) atoms. The molecule has 1 heterocycles. The summed E-state index contributed by atoms with van der Waals surface area (Å²) in [5.74, 6) is 0.464. The Balaban J connectivity index is 1.79. The SMILES string of the molecule is CC(C)(CCl)C(=O)N(Cc1cccn1Cc1ccccc1Cl)C1CC1. The van der Waals surface area contributed by atoms with Crippen LogP contribution < -0.4 is 0 Å². The fourth-order valence-corrected chi connectivity index (χ4v) is 3.24. The Morgan fingerprint density at radius 1 is 1.24 bits per heavy atom. The molecule has 1 aromatic heterocycles. The van der Waals surface area contributed by atoms with Gasteiger partial charge in [0.1, 0.15) is 0 Å². The van der Waals surface area contributed by atoms with Gasteiger partial charge in [0.2, 0.25) is 5.91 Å². The quantitative estimate of drug-likeness (QED) is 0.625. The van der Waals surface area contributed by atoms with Crippen molar-refractivity contribution in [2.75, 3.05) is 5.88 Å². The molecule has 0 N–H and O–H groups in total. The van der Waals surface area contributed by atoms with Gasteiger partial charge in [0.05, 0.1) is 12.0 Å². The number of alkyl halides is 1. The van der Waals surface area contributed by atoms with Crippen molar-refractivity contribution in [3.8, 4) is 0 Å². The molecular formula is C20H24Cl2N2O. The van der Waals surface area contributed by atoms with Gasteiger partial charge in [0, 0.05) is 35.4 Å². The first-order valence-electron chi connectivity index (χ1n) is 8.67. The average molecular weight is 379 g/mol. The van der Waals surface area contributed by atoms with E-state index in [1.54, 1.807) is 0 Å². The highest BCUT2D eigenvalue weighted by molar-refractivity contribution is 6.31. The summed E-state index contributed by atoms with van der Waals surface area (Å²) in [6, 6.07) is 12.3. The van der Waals surface area contributed by atoms with Gasteiger partial charge in [-0.05, 0) is 50.5 Å². The summed E-state index contributed by atoms with van der Waals surface area (Å²) in [6.45, 7) is 5.15. The van der Waals surface area contributed by atoms with Gasteiger partial charge in [-0.25, -0.2) is 0 Å². The Morgan fingerprint density at radius 3 is 2.60 bits per heavy atom. The standard InChI is InChI=1S/C20H24Cl2N2O/c1-20(2,14-21)19(25)24(16-9-10-16)13-17-7-5-11-23(17)12-15-6-3-4-8-18(15)22/h3-8,11,16H,9-10,12-14H2,1-2H3. The zero-order valence-electron chi connectivity index (χ0n) is 14.7. The van der Waals surface area contributed by atoms with Gasteiger partial charge in [-0.15, -0.1) is 11.6 Å². The van der Waals surface area contributed by atoms with Crippen molar-refractivity contribution in [1.82, 2.24) is 9.47 Å². The van der Waals surface area contributed by atoms with Crippen LogP contribution in [0.2, 0.25) is 5.02 Å². The highest BCUT2D eigenvalue weighted by atomic mass is 35.5. The zero-order valence-corrected chi connectivity index (χ0v) is 16.2. The largest absolute Gasteiger partial charge is 0.345 e. The first-order chi connectivity index (χ1) is 11.9. The molecule has 5 heteroatoms. The van der Waals surface area contributed by atoms with Crippen LogP contribution in [0.3, 0.4) is 0 Å².